The molecule has 88 valence electrons. The molecule has 0 aliphatic heterocycles. The summed E-state index contributed by atoms with van der Waals surface area (Å²) in [6.07, 6.45) is 0. The van der Waals surface area contributed by atoms with Gasteiger partial charge in [-0.2, -0.15) is 0 Å². The van der Waals surface area contributed by atoms with Gasteiger partial charge in [-0.05, 0) is 32.6 Å². The van der Waals surface area contributed by atoms with E-state index in [2.05, 4.69) is 54.9 Å². The Kier molecular flexibility index (Phi) is 2.90. The third kappa shape index (κ3) is 2.17. The van der Waals surface area contributed by atoms with Crippen LogP contribution in [0.15, 0.2) is 53.1 Å². The zero-order valence-electron chi connectivity index (χ0n) is 9.34. The fraction of sp³-hybridized carbons (Fsp3) is 0. The van der Waals surface area contributed by atoms with Gasteiger partial charge in [-0.3, -0.25) is 0 Å². The molecule has 0 atom stereocenters. The molecule has 0 spiro atoms. The van der Waals surface area contributed by atoms with Crippen LogP contribution in [-0.4, -0.2) is 15.4 Å². The van der Waals surface area contributed by atoms with E-state index in [0.717, 1.165) is 11.1 Å². The van der Waals surface area contributed by atoms with Crippen molar-refractivity contribution in [1.82, 2.24) is 15.4 Å². The maximum atomic E-state index is 3.94. The van der Waals surface area contributed by atoms with E-state index in [1.807, 2.05) is 24.3 Å². The lowest BCUT2D eigenvalue weighted by Gasteiger charge is -2.08. The lowest BCUT2D eigenvalue weighted by Crippen LogP contribution is -1.97. The third-order valence-corrected chi connectivity index (χ3v) is 2.99. The number of fused-ring (bicyclic) bond motifs is 1. The summed E-state index contributed by atoms with van der Waals surface area (Å²) in [7, 11) is 0. The second-order valence-electron chi connectivity index (χ2n) is 3.79. The van der Waals surface area contributed by atoms with Crippen LogP contribution in [0.5, 0.6) is 0 Å². The van der Waals surface area contributed by atoms with E-state index in [4.69, 9.17) is 0 Å². The minimum absolute atomic E-state index is 0.653. The minimum Gasteiger partial charge on any atom is -0.338 e. The summed E-state index contributed by atoms with van der Waals surface area (Å²) in [5.41, 5.74) is 1.00. The van der Waals surface area contributed by atoms with Crippen LogP contribution < -0.4 is 5.32 Å². The molecule has 0 amide bonds. The fourth-order valence-electron chi connectivity index (χ4n) is 1.82. The number of nitrogens with one attached hydrogen (secondary N) is 1. The predicted octanol–water partition coefficient (Wildman–Crippen LogP) is 3.53. The highest BCUT2D eigenvalue weighted by Gasteiger charge is 2.02. The van der Waals surface area contributed by atoms with Crippen LogP contribution in [-0.2, 0) is 0 Å². The highest BCUT2D eigenvalue weighted by atomic mass is 79.9. The summed E-state index contributed by atoms with van der Waals surface area (Å²) >= 11 is 3.27. The predicted molar refractivity (Wildman–Crippen MR) is 74.8 cm³/mol. The van der Waals surface area contributed by atoms with Gasteiger partial charge in [0.25, 0.3) is 0 Å². The van der Waals surface area contributed by atoms with E-state index in [9.17, 15) is 0 Å². The van der Waals surface area contributed by atoms with E-state index < -0.39 is 0 Å². The van der Waals surface area contributed by atoms with Crippen LogP contribution in [0.3, 0.4) is 0 Å². The molecule has 3 aromatic rings. The number of nitrogens with zero attached hydrogens (tertiary/aromatic N) is 3. The molecular weight excluding hydrogens is 292 g/mol. The van der Waals surface area contributed by atoms with Crippen LogP contribution in [0.25, 0.3) is 10.8 Å². The highest BCUT2D eigenvalue weighted by Crippen LogP contribution is 2.25. The topological polar surface area (TPSA) is 50.7 Å². The van der Waals surface area contributed by atoms with Gasteiger partial charge in [0.1, 0.15) is 4.60 Å². The van der Waals surface area contributed by atoms with Gasteiger partial charge in [0.2, 0.25) is 0 Å². The Bertz CT molecular complexity index is 694. The molecule has 0 radical (unpaired) electrons. The number of rotatable bonds is 2. The van der Waals surface area contributed by atoms with Crippen molar-refractivity contribution in [2.24, 2.45) is 0 Å². The molecule has 1 aromatic heterocycles. The average molecular weight is 301 g/mol. The quantitative estimate of drug-likeness (QED) is 0.786. The molecule has 0 unspecified atom stereocenters. The maximum Gasteiger partial charge on any atom is 0.157 e. The van der Waals surface area contributed by atoms with E-state index in [1.54, 1.807) is 6.07 Å². The maximum absolute atomic E-state index is 3.94. The van der Waals surface area contributed by atoms with Crippen LogP contribution in [0.1, 0.15) is 0 Å². The highest BCUT2D eigenvalue weighted by molar-refractivity contribution is 9.10. The van der Waals surface area contributed by atoms with E-state index in [-0.39, 0.29) is 0 Å². The molecule has 0 fully saturated rings. The van der Waals surface area contributed by atoms with Gasteiger partial charge < -0.3 is 5.32 Å². The second kappa shape index (κ2) is 4.70. The smallest absolute Gasteiger partial charge is 0.157 e. The molecule has 1 N–H and O–H groups in total. The van der Waals surface area contributed by atoms with Gasteiger partial charge in [-0.15, -0.1) is 10.2 Å². The number of anilines is 2. The normalized spacial score (nSPS) is 10.5. The van der Waals surface area contributed by atoms with Crippen molar-refractivity contribution in [2.45, 2.75) is 0 Å². The summed E-state index contributed by atoms with van der Waals surface area (Å²) in [6, 6.07) is 16.1. The zero-order chi connectivity index (χ0) is 12.4. The van der Waals surface area contributed by atoms with E-state index in [1.165, 1.54) is 5.39 Å². The average Bonchev–Trinajstić information content (AvgIpc) is 2.39. The minimum atomic E-state index is 0.653. The third-order valence-electron chi connectivity index (χ3n) is 2.60. The van der Waals surface area contributed by atoms with Crippen LogP contribution >= 0.6 is 15.9 Å². The van der Waals surface area contributed by atoms with Gasteiger partial charge in [0, 0.05) is 17.1 Å². The molecule has 3 rings (SSSR count). The second-order valence-corrected chi connectivity index (χ2v) is 4.61. The summed E-state index contributed by atoms with van der Waals surface area (Å²) in [6.45, 7) is 0. The molecule has 0 aliphatic carbocycles. The van der Waals surface area contributed by atoms with Crippen LogP contribution in [0.2, 0.25) is 0 Å². The summed E-state index contributed by atoms with van der Waals surface area (Å²) in [5.74, 6) is 0.660. The molecule has 0 aliphatic rings. The first-order chi connectivity index (χ1) is 8.83. The fourth-order valence-corrected chi connectivity index (χ4v) is 2.11. The Morgan fingerprint density at radius 3 is 2.67 bits per heavy atom. The first-order valence-corrected chi connectivity index (χ1v) is 6.23. The largest absolute Gasteiger partial charge is 0.338 e. The monoisotopic (exact) mass is 300 g/mol. The number of benzene rings is 2. The summed E-state index contributed by atoms with van der Waals surface area (Å²) in [4.78, 5) is 0. The van der Waals surface area contributed by atoms with Gasteiger partial charge in [-0.1, -0.05) is 36.4 Å². The molecule has 4 nitrogen and oxygen atoms in total. The SMILES string of the molecule is Brc1cc(Nc2cccc3ccccc23)nnn1. The standard InChI is InChI=1S/C13H9BrN4/c14-12-8-13(17-18-16-12)15-11-7-3-5-9-4-1-2-6-10(9)11/h1-8H,(H,15,16,17). The van der Waals surface area contributed by atoms with Crippen molar-refractivity contribution in [1.29, 1.82) is 0 Å². The van der Waals surface area contributed by atoms with Gasteiger partial charge in [0.15, 0.2) is 5.82 Å². The molecule has 1 heterocycles. The van der Waals surface area contributed by atoms with Crippen molar-refractivity contribution < 1.29 is 0 Å². The summed E-state index contributed by atoms with van der Waals surface area (Å²) in [5, 5.41) is 16.9. The lowest BCUT2D eigenvalue weighted by molar-refractivity contribution is 0.856. The van der Waals surface area contributed by atoms with Crippen LogP contribution in [0.4, 0.5) is 11.5 Å². The Hall–Kier alpha value is -2.01. The van der Waals surface area contributed by atoms with Crippen molar-refractivity contribution in [3.05, 3.63) is 53.1 Å². The Morgan fingerprint density at radius 1 is 0.944 bits per heavy atom. The molecule has 0 bridgehead atoms. The molecule has 0 saturated carbocycles. The number of aromatic nitrogens is 3. The number of hydrogen-bond donors (Lipinski definition) is 1. The first kappa shape index (κ1) is 11.1. The van der Waals surface area contributed by atoms with Gasteiger partial charge in [-0.25, -0.2) is 0 Å². The number of halogens is 1. The van der Waals surface area contributed by atoms with Crippen molar-refractivity contribution >= 4 is 38.2 Å². The van der Waals surface area contributed by atoms with E-state index >= 15 is 0 Å². The summed E-state index contributed by atoms with van der Waals surface area (Å²) < 4.78 is 0.653. The van der Waals surface area contributed by atoms with Gasteiger partial charge >= 0.3 is 0 Å². The van der Waals surface area contributed by atoms with Crippen molar-refractivity contribution in [3.63, 3.8) is 0 Å². The zero-order valence-corrected chi connectivity index (χ0v) is 10.9. The Morgan fingerprint density at radius 2 is 1.78 bits per heavy atom. The Labute approximate surface area is 112 Å². The van der Waals surface area contributed by atoms with E-state index in [0.29, 0.717) is 10.4 Å². The first-order valence-electron chi connectivity index (χ1n) is 5.43. The van der Waals surface area contributed by atoms with Gasteiger partial charge in [0.05, 0.1) is 0 Å². The molecular formula is C13H9BrN4. The molecule has 0 saturated heterocycles. The molecule has 2 aromatic carbocycles. The number of hydrogen-bond acceptors (Lipinski definition) is 4. The molecule has 5 heteroatoms. The Balaban J connectivity index is 2.05. The molecule has 18 heavy (non-hydrogen) atoms. The lowest BCUT2D eigenvalue weighted by atomic mass is 10.1. The van der Waals surface area contributed by atoms with Crippen molar-refractivity contribution in [3.8, 4) is 0 Å². The van der Waals surface area contributed by atoms with Crippen LogP contribution in [0, 0.1) is 0 Å². The van der Waals surface area contributed by atoms with Crippen molar-refractivity contribution in [2.75, 3.05) is 5.32 Å².